The third kappa shape index (κ3) is 36.2. The standard InChI is InChI=1S/C36H74NO7P/c1-5-6-7-8-9-10-11-12-13-14-15-16-18-21-24-27-30-42-33-35(32-36(38)39)34-44-45(40,41)43-31-28-25-22-19-17-20-23-26-29-37(2,3)4/h35H,5-34H2,1-4H3,(H-,38,39,40,41). The molecule has 0 spiro atoms. The first-order valence-corrected chi connectivity index (χ1v) is 20.2. The average Bonchev–Trinajstić information content (AvgIpc) is 2.97. The Bertz CT molecular complexity index is 701. The van der Waals surface area contributed by atoms with Crippen molar-refractivity contribution in [1.82, 2.24) is 0 Å². The summed E-state index contributed by atoms with van der Waals surface area (Å²) in [5.74, 6) is -1.53. The third-order valence-corrected chi connectivity index (χ3v) is 9.36. The number of rotatable bonds is 36. The molecule has 0 aliphatic rings. The Morgan fingerprint density at radius 2 is 1.02 bits per heavy atom. The molecule has 0 aromatic heterocycles. The molecule has 0 heterocycles. The lowest BCUT2D eigenvalue weighted by atomic mass is 10.0. The van der Waals surface area contributed by atoms with Crippen LogP contribution in [0.3, 0.4) is 0 Å². The van der Waals surface area contributed by atoms with E-state index < -0.39 is 19.7 Å². The number of hydrogen-bond donors (Lipinski definition) is 1. The van der Waals surface area contributed by atoms with Crippen molar-refractivity contribution in [3.8, 4) is 0 Å². The van der Waals surface area contributed by atoms with Gasteiger partial charge in [-0.1, -0.05) is 135 Å². The number of aliphatic carboxylic acids is 1. The van der Waals surface area contributed by atoms with Gasteiger partial charge >= 0.3 is 5.97 Å². The van der Waals surface area contributed by atoms with Crippen LogP contribution < -0.4 is 4.89 Å². The second-order valence-corrected chi connectivity index (χ2v) is 15.7. The summed E-state index contributed by atoms with van der Waals surface area (Å²) in [6.45, 7) is 4.06. The highest BCUT2D eigenvalue weighted by Crippen LogP contribution is 2.39. The Balaban J connectivity index is 3.73. The first-order chi connectivity index (χ1) is 21.6. The number of ether oxygens (including phenoxy) is 1. The van der Waals surface area contributed by atoms with Gasteiger partial charge in [0.15, 0.2) is 0 Å². The van der Waals surface area contributed by atoms with Crippen LogP contribution in [0.4, 0.5) is 0 Å². The van der Waals surface area contributed by atoms with Crippen molar-refractivity contribution in [2.24, 2.45) is 5.92 Å². The Kier molecular flexibility index (Phi) is 30.5. The predicted molar refractivity (Wildman–Crippen MR) is 185 cm³/mol. The van der Waals surface area contributed by atoms with Crippen molar-refractivity contribution < 1.29 is 37.6 Å². The van der Waals surface area contributed by atoms with E-state index in [1.165, 1.54) is 122 Å². The van der Waals surface area contributed by atoms with Crippen molar-refractivity contribution in [2.45, 2.75) is 167 Å². The summed E-state index contributed by atoms with van der Waals surface area (Å²) in [6, 6.07) is 0. The highest BCUT2D eigenvalue weighted by atomic mass is 31.2. The van der Waals surface area contributed by atoms with E-state index in [0.29, 0.717) is 13.0 Å². The zero-order valence-electron chi connectivity index (χ0n) is 30.1. The van der Waals surface area contributed by atoms with Crippen LogP contribution in [0, 0.1) is 5.92 Å². The fourth-order valence-corrected chi connectivity index (χ4v) is 6.39. The molecule has 1 N–H and O–H groups in total. The number of nitrogens with zero attached hydrogens (tertiary/aromatic N) is 1. The molecule has 9 heteroatoms. The fraction of sp³-hybridized carbons (Fsp3) is 0.972. The van der Waals surface area contributed by atoms with Crippen LogP contribution in [0.15, 0.2) is 0 Å². The van der Waals surface area contributed by atoms with Crippen LogP contribution in [0.5, 0.6) is 0 Å². The first kappa shape index (κ1) is 44.5. The highest BCUT2D eigenvalue weighted by molar-refractivity contribution is 7.45. The van der Waals surface area contributed by atoms with Crippen molar-refractivity contribution in [3.63, 3.8) is 0 Å². The summed E-state index contributed by atoms with van der Waals surface area (Å²) in [5.41, 5.74) is 0. The molecule has 45 heavy (non-hydrogen) atoms. The van der Waals surface area contributed by atoms with Crippen LogP contribution in [0.25, 0.3) is 0 Å². The Morgan fingerprint density at radius 1 is 0.622 bits per heavy atom. The number of phosphoric acid groups is 1. The molecule has 0 bridgehead atoms. The summed E-state index contributed by atoms with van der Waals surface area (Å²) in [4.78, 5) is 23.4. The molecular formula is C36H74NO7P. The van der Waals surface area contributed by atoms with E-state index in [1.54, 1.807) is 0 Å². The summed E-state index contributed by atoms with van der Waals surface area (Å²) in [5, 5.41) is 9.21. The maximum absolute atomic E-state index is 12.2. The predicted octanol–water partition coefficient (Wildman–Crippen LogP) is 9.68. The molecule has 0 saturated carbocycles. The minimum absolute atomic E-state index is 0.101. The van der Waals surface area contributed by atoms with E-state index in [4.69, 9.17) is 13.8 Å². The van der Waals surface area contributed by atoms with Gasteiger partial charge in [0, 0.05) is 12.5 Å². The smallest absolute Gasteiger partial charge is 0.303 e. The normalized spacial score (nSPS) is 14.1. The Labute approximate surface area is 278 Å². The molecule has 0 aromatic carbocycles. The molecule has 0 rings (SSSR count). The van der Waals surface area contributed by atoms with Crippen LogP contribution >= 0.6 is 7.82 Å². The Hall–Kier alpha value is -0.500. The molecule has 0 radical (unpaired) electrons. The molecular weight excluding hydrogens is 589 g/mol. The van der Waals surface area contributed by atoms with Crippen molar-refractivity contribution in [3.05, 3.63) is 0 Å². The maximum Gasteiger partial charge on any atom is 0.303 e. The van der Waals surface area contributed by atoms with Crippen LogP contribution in [-0.2, 0) is 23.1 Å². The zero-order valence-corrected chi connectivity index (χ0v) is 31.0. The summed E-state index contributed by atoms with van der Waals surface area (Å²) in [6.07, 6.45) is 29.6. The minimum Gasteiger partial charge on any atom is -0.756 e. The largest absolute Gasteiger partial charge is 0.756 e. The molecule has 2 atom stereocenters. The molecule has 2 unspecified atom stereocenters. The van der Waals surface area contributed by atoms with E-state index in [0.717, 1.165) is 36.6 Å². The van der Waals surface area contributed by atoms with Crippen molar-refractivity contribution in [1.29, 1.82) is 0 Å². The van der Waals surface area contributed by atoms with Crippen molar-refractivity contribution in [2.75, 3.05) is 54.1 Å². The van der Waals surface area contributed by atoms with E-state index in [-0.39, 0.29) is 26.2 Å². The number of carboxylic acid groups (broad SMARTS) is 1. The number of phosphoric ester groups is 1. The second-order valence-electron chi connectivity index (χ2n) is 14.3. The second kappa shape index (κ2) is 30.8. The third-order valence-electron chi connectivity index (χ3n) is 8.40. The van der Waals surface area contributed by atoms with E-state index in [9.17, 15) is 19.4 Å². The molecule has 0 fully saturated rings. The molecule has 0 saturated heterocycles. The van der Waals surface area contributed by atoms with Crippen LogP contribution in [-0.4, -0.2) is 69.7 Å². The topological polar surface area (TPSA) is 105 Å². The summed E-state index contributed by atoms with van der Waals surface area (Å²) >= 11 is 0. The number of quaternary nitrogens is 1. The van der Waals surface area contributed by atoms with Gasteiger partial charge in [-0.3, -0.25) is 9.36 Å². The van der Waals surface area contributed by atoms with Gasteiger partial charge in [-0.15, -0.1) is 0 Å². The maximum atomic E-state index is 12.2. The quantitative estimate of drug-likeness (QED) is 0.0404. The fourth-order valence-electron chi connectivity index (χ4n) is 5.57. The van der Waals surface area contributed by atoms with E-state index in [2.05, 4.69) is 28.1 Å². The number of carboxylic acids is 1. The van der Waals surface area contributed by atoms with Gasteiger partial charge < -0.3 is 28.3 Å². The van der Waals surface area contributed by atoms with Gasteiger partial charge in [-0.2, -0.15) is 0 Å². The van der Waals surface area contributed by atoms with Gasteiger partial charge in [0.05, 0.1) is 53.9 Å². The SMILES string of the molecule is CCCCCCCCCCCCCCCCCCOCC(COP(=O)([O-])OCCCCCCCCCC[N+](C)(C)C)CC(=O)O. The number of unbranched alkanes of at least 4 members (excludes halogenated alkanes) is 22. The minimum atomic E-state index is -4.46. The molecule has 0 aliphatic carbocycles. The van der Waals surface area contributed by atoms with Gasteiger partial charge in [0.1, 0.15) is 0 Å². The monoisotopic (exact) mass is 664 g/mol. The average molecular weight is 664 g/mol. The lowest BCUT2D eigenvalue weighted by Crippen LogP contribution is -2.35. The van der Waals surface area contributed by atoms with E-state index in [1.807, 2.05) is 0 Å². The Morgan fingerprint density at radius 3 is 1.44 bits per heavy atom. The summed E-state index contributed by atoms with van der Waals surface area (Å²) in [7, 11) is 2.21. The lowest BCUT2D eigenvalue weighted by Gasteiger charge is -2.25. The number of hydrogen-bond acceptors (Lipinski definition) is 6. The van der Waals surface area contributed by atoms with E-state index >= 15 is 0 Å². The molecule has 0 aliphatic heterocycles. The van der Waals surface area contributed by atoms with Crippen molar-refractivity contribution >= 4 is 13.8 Å². The summed E-state index contributed by atoms with van der Waals surface area (Å²) < 4.78 is 28.9. The van der Waals surface area contributed by atoms with Gasteiger partial charge in [0.25, 0.3) is 7.82 Å². The first-order valence-electron chi connectivity index (χ1n) is 18.8. The van der Waals surface area contributed by atoms with Gasteiger partial charge in [0.2, 0.25) is 0 Å². The van der Waals surface area contributed by atoms with Crippen LogP contribution in [0.1, 0.15) is 167 Å². The molecule has 8 nitrogen and oxygen atoms in total. The van der Waals surface area contributed by atoms with Gasteiger partial charge in [-0.25, -0.2) is 0 Å². The van der Waals surface area contributed by atoms with Gasteiger partial charge in [-0.05, 0) is 25.7 Å². The van der Waals surface area contributed by atoms with Crippen LogP contribution in [0.2, 0.25) is 0 Å². The molecule has 270 valence electrons. The number of carbonyl (C=O) groups is 1. The molecule has 0 amide bonds. The molecule has 0 aromatic rings. The zero-order chi connectivity index (χ0) is 33.5. The lowest BCUT2D eigenvalue weighted by molar-refractivity contribution is -0.870. The highest BCUT2D eigenvalue weighted by Gasteiger charge is 2.18.